The van der Waals surface area contributed by atoms with Gasteiger partial charge in [-0.15, -0.1) is 0 Å². The monoisotopic (exact) mass is 463 g/mol. The number of hydrogen-bond acceptors (Lipinski definition) is 4. The maximum atomic E-state index is 12.1. The van der Waals surface area contributed by atoms with Crippen molar-refractivity contribution >= 4 is 6.09 Å². The van der Waals surface area contributed by atoms with Crippen LogP contribution in [0, 0.1) is 11.8 Å². The first-order valence-corrected chi connectivity index (χ1v) is 13.0. The molecule has 0 spiro atoms. The van der Waals surface area contributed by atoms with Gasteiger partial charge < -0.3 is 19.5 Å². The fourth-order valence-corrected chi connectivity index (χ4v) is 3.96. The van der Waals surface area contributed by atoms with Crippen LogP contribution >= 0.6 is 0 Å². The van der Waals surface area contributed by atoms with E-state index < -0.39 is 0 Å². The summed E-state index contributed by atoms with van der Waals surface area (Å²) in [6.07, 6.45) is 16.4. The van der Waals surface area contributed by atoms with Crippen LogP contribution in [0.25, 0.3) is 0 Å². The minimum Gasteiger partial charge on any atom is -0.446 e. The molecule has 0 bridgehead atoms. The van der Waals surface area contributed by atoms with E-state index in [1.165, 1.54) is 31.3 Å². The Morgan fingerprint density at radius 1 is 1.18 bits per heavy atom. The molecule has 1 aliphatic rings. The van der Waals surface area contributed by atoms with Gasteiger partial charge in [0.25, 0.3) is 0 Å². The third-order valence-electron chi connectivity index (χ3n) is 6.30. The molecule has 0 heterocycles. The van der Waals surface area contributed by atoms with Crippen molar-refractivity contribution < 1.29 is 19.0 Å². The highest BCUT2D eigenvalue weighted by molar-refractivity contribution is 5.67. The zero-order valence-corrected chi connectivity index (χ0v) is 21.7. The van der Waals surface area contributed by atoms with Gasteiger partial charge in [-0.3, -0.25) is 0 Å². The molecule has 0 radical (unpaired) electrons. The highest BCUT2D eigenvalue weighted by Crippen LogP contribution is 2.28. The number of carbonyl (C=O) groups is 1. The predicted molar refractivity (Wildman–Crippen MR) is 138 cm³/mol. The Morgan fingerprint density at radius 2 is 1.97 bits per heavy atom. The van der Waals surface area contributed by atoms with E-state index >= 15 is 0 Å². The van der Waals surface area contributed by atoms with E-state index in [4.69, 9.17) is 14.2 Å². The summed E-state index contributed by atoms with van der Waals surface area (Å²) in [5.74, 6) is 1.47. The van der Waals surface area contributed by atoms with Crippen molar-refractivity contribution in [3.63, 3.8) is 0 Å². The van der Waals surface area contributed by atoms with Crippen LogP contribution < -0.4 is 5.32 Å². The minimum absolute atomic E-state index is 0.0103. The summed E-state index contributed by atoms with van der Waals surface area (Å²) in [6.45, 7) is 15.2. The number of amides is 1. The van der Waals surface area contributed by atoms with E-state index in [1.54, 1.807) is 0 Å². The molecule has 1 unspecified atom stereocenters. The minimum atomic E-state index is -0.344. The van der Waals surface area contributed by atoms with Crippen LogP contribution in [-0.4, -0.2) is 45.2 Å². The van der Waals surface area contributed by atoms with Crippen molar-refractivity contribution in [2.75, 3.05) is 33.0 Å². The first-order chi connectivity index (χ1) is 15.9. The summed E-state index contributed by atoms with van der Waals surface area (Å²) in [5.41, 5.74) is 2.46. The van der Waals surface area contributed by atoms with Gasteiger partial charge in [0, 0.05) is 13.0 Å². The smallest absolute Gasteiger partial charge is 0.407 e. The zero-order valence-electron chi connectivity index (χ0n) is 21.7. The van der Waals surface area contributed by atoms with E-state index in [9.17, 15) is 4.79 Å². The zero-order chi connectivity index (χ0) is 24.3. The third kappa shape index (κ3) is 15.8. The van der Waals surface area contributed by atoms with Crippen molar-refractivity contribution in [2.45, 2.75) is 91.6 Å². The van der Waals surface area contributed by atoms with Gasteiger partial charge in [-0.2, -0.15) is 0 Å². The molecule has 3 atom stereocenters. The molecule has 0 aliphatic heterocycles. The maximum absolute atomic E-state index is 12.1. The van der Waals surface area contributed by atoms with Gasteiger partial charge in [0.2, 0.25) is 0 Å². The van der Waals surface area contributed by atoms with Crippen LogP contribution in [-0.2, 0) is 14.2 Å². The summed E-state index contributed by atoms with van der Waals surface area (Å²) >= 11 is 0. The lowest BCUT2D eigenvalue weighted by atomic mass is 9.86. The van der Waals surface area contributed by atoms with Crippen molar-refractivity contribution in [3.8, 4) is 0 Å². The molecule has 1 fully saturated rings. The lowest BCUT2D eigenvalue weighted by Gasteiger charge is -2.25. The normalized spacial score (nSPS) is 19.5. The number of unbranched alkanes of at least 4 members (excludes halogenated alkanes) is 2. The van der Waals surface area contributed by atoms with E-state index in [-0.39, 0.29) is 12.2 Å². The number of carbonyl (C=O) groups excluding carboxylic acids is 1. The Labute approximate surface area is 203 Å². The van der Waals surface area contributed by atoms with Gasteiger partial charge in [-0.05, 0) is 44.4 Å². The van der Waals surface area contributed by atoms with E-state index in [2.05, 4.69) is 38.7 Å². The molecule has 0 aromatic heterocycles. The first-order valence-electron chi connectivity index (χ1n) is 13.0. The Hall–Kier alpha value is -1.59. The Morgan fingerprint density at radius 3 is 2.73 bits per heavy atom. The summed E-state index contributed by atoms with van der Waals surface area (Å²) < 4.78 is 16.5. The molecule has 5 heteroatoms. The number of allylic oxidation sites excluding steroid dienone is 3. The Balaban J connectivity index is 2.14. The first kappa shape index (κ1) is 29.4. The molecule has 1 saturated carbocycles. The Bertz CT molecular complexity index is 599. The molecule has 1 aliphatic carbocycles. The summed E-state index contributed by atoms with van der Waals surface area (Å²) in [4.78, 5) is 12.1. The molecule has 190 valence electrons. The average Bonchev–Trinajstić information content (AvgIpc) is 2.78. The highest BCUT2D eigenvalue weighted by atomic mass is 16.6. The van der Waals surface area contributed by atoms with Crippen LogP contribution in [0.5, 0.6) is 0 Å². The molecule has 0 saturated heterocycles. The quantitative estimate of drug-likeness (QED) is 0.143. The molecule has 0 aromatic rings. The number of rotatable bonds is 17. The molecular weight excluding hydrogens is 414 g/mol. The average molecular weight is 464 g/mol. The van der Waals surface area contributed by atoms with E-state index in [0.717, 1.165) is 43.6 Å². The molecular formula is C28H49NO4. The summed E-state index contributed by atoms with van der Waals surface area (Å²) in [5, 5.41) is 2.79. The van der Waals surface area contributed by atoms with Crippen LogP contribution in [0.15, 0.2) is 36.0 Å². The largest absolute Gasteiger partial charge is 0.446 e. The second kappa shape index (κ2) is 18.8. The second-order valence-corrected chi connectivity index (χ2v) is 9.53. The summed E-state index contributed by atoms with van der Waals surface area (Å²) in [7, 11) is 0. The topological polar surface area (TPSA) is 56.8 Å². The van der Waals surface area contributed by atoms with Gasteiger partial charge >= 0.3 is 6.09 Å². The van der Waals surface area contributed by atoms with Gasteiger partial charge in [0.05, 0.1) is 26.4 Å². The van der Waals surface area contributed by atoms with Crippen LogP contribution in [0.2, 0.25) is 0 Å². The van der Waals surface area contributed by atoms with Gasteiger partial charge in [0.15, 0.2) is 0 Å². The van der Waals surface area contributed by atoms with Gasteiger partial charge in [0.1, 0.15) is 6.10 Å². The van der Waals surface area contributed by atoms with Gasteiger partial charge in [-0.25, -0.2) is 4.79 Å². The maximum Gasteiger partial charge on any atom is 0.407 e. The number of nitrogens with one attached hydrogen (secondary N) is 1. The number of hydrogen-bond donors (Lipinski definition) is 1. The highest BCUT2D eigenvalue weighted by Gasteiger charge is 2.21. The van der Waals surface area contributed by atoms with Crippen molar-refractivity contribution in [1.29, 1.82) is 0 Å². The summed E-state index contributed by atoms with van der Waals surface area (Å²) in [6, 6.07) is 0. The van der Waals surface area contributed by atoms with E-state index in [0.29, 0.717) is 38.9 Å². The lowest BCUT2D eigenvalue weighted by molar-refractivity contribution is 0.0554. The van der Waals surface area contributed by atoms with E-state index in [1.807, 2.05) is 19.1 Å². The standard InChI is InChI=1S/C28H49NO4/c1-6-7-8-12-24(4)25(5)15-16-26-13-9-14-27(22-26)33-28(30)29-17-19-32-21-20-31-18-10-11-23(2)3/h10-11,16,24-25,27H,2,6-9,12-15,17-22H2,1,3-5H3,(H,29,30)/b11-10+,26-16+/t24-,25?,27-/m0/s1. The molecule has 1 amide bonds. The Kier molecular flexibility index (Phi) is 16.8. The fourth-order valence-electron chi connectivity index (χ4n) is 3.96. The third-order valence-corrected chi connectivity index (χ3v) is 6.30. The SMILES string of the molecule is C=C(C)/C=C/COCCOCCNC(=O)O[C@H]1CCC/C(=C\CC(C)[C@@H](C)CCCCC)C1. The number of ether oxygens (including phenoxy) is 3. The number of alkyl carbamates (subject to hydrolysis) is 1. The molecule has 5 nitrogen and oxygen atoms in total. The molecule has 0 aromatic carbocycles. The van der Waals surface area contributed by atoms with Crippen molar-refractivity contribution in [2.24, 2.45) is 11.8 Å². The predicted octanol–water partition coefficient (Wildman–Crippen LogP) is 6.99. The molecule has 1 rings (SSSR count). The van der Waals surface area contributed by atoms with Crippen molar-refractivity contribution in [3.05, 3.63) is 36.0 Å². The second-order valence-electron chi connectivity index (χ2n) is 9.53. The van der Waals surface area contributed by atoms with Crippen LogP contribution in [0.3, 0.4) is 0 Å². The van der Waals surface area contributed by atoms with Crippen molar-refractivity contribution in [1.82, 2.24) is 5.32 Å². The molecule has 33 heavy (non-hydrogen) atoms. The van der Waals surface area contributed by atoms with Crippen LogP contribution in [0.4, 0.5) is 4.79 Å². The fraction of sp³-hybridized carbons (Fsp3) is 0.750. The molecule has 1 N–H and O–H groups in total. The van der Waals surface area contributed by atoms with Gasteiger partial charge in [-0.1, -0.05) is 82.4 Å². The lowest BCUT2D eigenvalue weighted by Crippen LogP contribution is -2.32. The van der Waals surface area contributed by atoms with Crippen LogP contribution in [0.1, 0.15) is 85.5 Å².